The molecule has 2 N–H and O–H groups in total. The van der Waals surface area contributed by atoms with Gasteiger partial charge in [-0.05, 0) is 18.5 Å². The highest BCUT2D eigenvalue weighted by Crippen LogP contribution is 2.23. The number of aryl methyl sites for hydroxylation is 1. The summed E-state index contributed by atoms with van der Waals surface area (Å²) in [5.74, 6) is 0.736. The van der Waals surface area contributed by atoms with Crippen LogP contribution in [0.15, 0.2) is 0 Å². The first-order valence-corrected chi connectivity index (χ1v) is 7.04. The number of nitrogens with zero attached hydrogens (tertiary/aromatic N) is 4. The molecule has 8 heteroatoms. The van der Waals surface area contributed by atoms with Crippen molar-refractivity contribution in [2.45, 2.75) is 6.92 Å². The van der Waals surface area contributed by atoms with Gasteiger partial charge in [0.15, 0.2) is 5.65 Å². The van der Waals surface area contributed by atoms with Crippen molar-refractivity contribution in [3.8, 4) is 0 Å². The zero-order chi connectivity index (χ0) is 13.9. The van der Waals surface area contributed by atoms with Crippen LogP contribution in [0.1, 0.15) is 5.69 Å². The van der Waals surface area contributed by atoms with Crippen molar-refractivity contribution in [1.29, 1.82) is 0 Å². The van der Waals surface area contributed by atoms with E-state index in [1.165, 1.54) is 0 Å². The number of ether oxygens (including phenoxy) is 1. The first-order valence-electron chi connectivity index (χ1n) is 6.66. The Morgan fingerprint density at radius 1 is 1.35 bits per heavy atom. The van der Waals surface area contributed by atoms with Crippen LogP contribution in [0.4, 0.5) is 5.82 Å². The van der Waals surface area contributed by atoms with Crippen LogP contribution in [0.2, 0.25) is 5.28 Å². The Balaban J connectivity index is 1.68. The van der Waals surface area contributed by atoms with Crippen LogP contribution in [0.5, 0.6) is 0 Å². The van der Waals surface area contributed by atoms with Crippen molar-refractivity contribution in [2.75, 3.05) is 44.7 Å². The van der Waals surface area contributed by atoms with E-state index < -0.39 is 0 Å². The first kappa shape index (κ1) is 13.5. The third-order valence-electron chi connectivity index (χ3n) is 3.40. The molecule has 7 nitrogen and oxygen atoms in total. The van der Waals surface area contributed by atoms with Crippen LogP contribution in [0, 0.1) is 6.92 Å². The van der Waals surface area contributed by atoms with E-state index >= 15 is 0 Å². The van der Waals surface area contributed by atoms with Gasteiger partial charge in [-0.2, -0.15) is 15.1 Å². The molecule has 2 aromatic heterocycles. The second kappa shape index (κ2) is 5.90. The van der Waals surface area contributed by atoms with Gasteiger partial charge in [0.25, 0.3) is 0 Å². The van der Waals surface area contributed by atoms with Crippen LogP contribution >= 0.6 is 11.6 Å². The van der Waals surface area contributed by atoms with Gasteiger partial charge in [0.05, 0.1) is 24.3 Å². The number of morpholine rings is 1. The maximum Gasteiger partial charge on any atom is 0.226 e. The molecule has 3 heterocycles. The SMILES string of the molecule is Cc1n[nH]c2nc(Cl)nc(NCCN3CCOCC3)c12. The summed E-state index contributed by atoms with van der Waals surface area (Å²) in [6.45, 7) is 7.24. The van der Waals surface area contributed by atoms with E-state index in [1.54, 1.807) is 0 Å². The average molecular weight is 297 g/mol. The Kier molecular flexibility index (Phi) is 4.00. The molecule has 0 atom stereocenters. The van der Waals surface area contributed by atoms with Gasteiger partial charge in [-0.15, -0.1) is 0 Å². The molecule has 0 spiro atoms. The molecule has 1 aliphatic rings. The number of nitrogens with one attached hydrogen (secondary N) is 2. The molecule has 0 amide bonds. The van der Waals surface area contributed by atoms with E-state index in [4.69, 9.17) is 16.3 Å². The second-order valence-electron chi connectivity index (χ2n) is 4.75. The van der Waals surface area contributed by atoms with E-state index in [-0.39, 0.29) is 5.28 Å². The largest absolute Gasteiger partial charge is 0.379 e. The summed E-state index contributed by atoms with van der Waals surface area (Å²) in [6, 6.07) is 0. The molecule has 0 saturated carbocycles. The summed E-state index contributed by atoms with van der Waals surface area (Å²) in [6.07, 6.45) is 0. The lowest BCUT2D eigenvalue weighted by atomic mass is 10.3. The summed E-state index contributed by atoms with van der Waals surface area (Å²) in [5.41, 5.74) is 1.53. The zero-order valence-electron chi connectivity index (χ0n) is 11.3. The van der Waals surface area contributed by atoms with Gasteiger partial charge in [-0.3, -0.25) is 10.00 Å². The van der Waals surface area contributed by atoms with Crippen molar-refractivity contribution in [3.63, 3.8) is 0 Å². The average Bonchev–Trinajstić information content (AvgIpc) is 2.81. The van der Waals surface area contributed by atoms with Gasteiger partial charge < -0.3 is 10.1 Å². The third-order valence-corrected chi connectivity index (χ3v) is 3.57. The van der Waals surface area contributed by atoms with E-state index in [0.717, 1.165) is 56.3 Å². The molecule has 0 aromatic carbocycles. The van der Waals surface area contributed by atoms with Gasteiger partial charge in [0, 0.05) is 26.2 Å². The fraction of sp³-hybridized carbons (Fsp3) is 0.583. The van der Waals surface area contributed by atoms with Crippen LogP contribution < -0.4 is 5.32 Å². The van der Waals surface area contributed by atoms with E-state index in [1.807, 2.05) is 6.92 Å². The Hall–Kier alpha value is -1.44. The molecule has 1 saturated heterocycles. The first-order chi connectivity index (χ1) is 9.74. The Bertz CT molecular complexity index is 595. The van der Waals surface area contributed by atoms with Crippen molar-refractivity contribution in [2.24, 2.45) is 0 Å². The maximum absolute atomic E-state index is 5.92. The Morgan fingerprint density at radius 3 is 2.95 bits per heavy atom. The predicted octanol–water partition coefficient (Wildman–Crippen LogP) is 1.06. The maximum atomic E-state index is 5.92. The molecular weight excluding hydrogens is 280 g/mol. The minimum absolute atomic E-state index is 0.218. The number of H-pyrrole nitrogens is 1. The summed E-state index contributed by atoms with van der Waals surface area (Å²) in [5, 5.41) is 11.4. The van der Waals surface area contributed by atoms with Crippen molar-refractivity contribution in [3.05, 3.63) is 11.0 Å². The highest BCUT2D eigenvalue weighted by atomic mass is 35.5. The van der Waals surface area contributed by atoms with Gasteiger partial charge in [0.2, 0.25) is 5.28 Å². The molecule has 1 fully saturated rings. The van der Waals surface area contributed by atoms with Gasteiger partial charge >= 0.3 is 0 Å². The lowest BCUT2D eigenvalue weighted by Crippen LogP contribution is -2.39. The number of anilines is 1. The summed E-state index contributed by atoms with van der Waals surface area (Å²) in [4.78, 5) is 10.7. The number of aromatic amines is 1. The summed E-state index contributed by atoms with van der Waals surface area (Å²) >= 11 is 5.92. The molecule has 2 aromatic rings. The van der Waals surface area contributed by atoms with Gasteiger partial charge in [0.1, 0.15) is 5.82 Å². The highest BCUT2D eigenvalue weighted by molar-refractivity contribution is 6.28. The molecule has 20 heavy (non-hydrogen) atoms. The fourth-order valence-corrected chi connectivity index (χ4v) is 2.50. The number of halogens is 1. The molecule has 0 aliphatic carbocycles. The molecule has 0 bridgehead atoms. The normalized spacial score (nSPS) is 16.7. The molecule has 108 valence electrons. The van der Waals surface area contributed by atoms with Crippen LogP contribution in [0.3, 0.4) is 0 Å². The van der Waals surface area contributed by atoms with E-state index in [9.17, 15) is 0 Å². The van der Waals surface area contributed by atoms with Gasteiger partial charge in [-0.25, -0.2) is 0 Å². The minimum Gasteiger partial charge on any atom is -0.379 e. The number of hydrogen-bond acceptors (Lipinski definition) is 6. The standard InChI is InChI=1S/C12H17ClN6O/c1-8-9-10(15-12(13)16-11(9)18-17-8)14-2-3-19-4-6-20-7-5-19/h2-7H2,1H3,(H2,14,15,16,17,18). The van der Waals surface area contributed by atoms with Gasteiger partial charge in [-0.1, -0.05) is 0 Å². The van der Waals surface area contributed by atoms with Crippen LogP contribution in [-0.2, 0) is 4.74 Å². The molecule has 1 aliphatic heterocycles. The highest BCUT2D eigenvalue weighted by Gasteiger charge is 2.13. The molecule has 0 radical (unpaired) electrons. The number of rotatable bonds is 4. The van der Waals surface area contributed by atoms with Crippen LogP contribution in [-0.4, -0.2) is 64.5 Å². The number of hydrogen-bond donors (Lipinski definition) is 2. The van der Waals surface area contributed by atoms with Crippen molar-refractivity contribution < 1.29 is 4.74 Å². The second-order valence-corrected chi connectivity index (χ2v) is 5.09. The predicted molar refractivity (Wildman–Crippen MR) is 77.2 cm³/mol. The topological polar surface area (TPSA) is 79.0 Å². The fourth-order valence-electron chi connectivity index (χ4n) is 2.33. The zero-order valence-corrected chi connectivity index (χ0v) is 12.1. The molecular formula is C12H17ClN6O. The molecule has 0 unspecified atom stereocenters. The van der Waals surface area contributed by atoms with Crippen molar-refractivity contribution >= 4 is 28.5 Å². The Morgan fingerprint density at radius 2 is 2.15 bits per heavy atom. The third kappa shape index (κ3) is 2.84. The molecule has 3 rings (SSSR count). The van der Waals surface area contributed by atoms with Crippen molar-refractivity contribution in [1.82, 2.24) is 25.1 Å². The number of aromatic nitrogens is 4. The monoisotopic (exact) mass is 296 g/mol. The van der Waals surface area contributed by atoms with Crippen LogP contribution in [0.25, 0.3) is 11.0 Å². The lowest BCUT2D eigenvalue weighted by Gasteiger charge is -2.26. The lowest BCUT2D eigenvalue weighted by molar-refractivity contribution is 0.0398. The summed E-state index contributed by atoms with van der Waals surface area (Å²) in [7, 11) is 0. The smallest absolute Gasteiger partial charge is 0.226 e. The van der Waals surface area contributed by atoms with E-state index in [0.29, 0.717) is 5.65 Å². The Labute approximate surface area is 121 Å². The minimum atomic E-state index is 0.218. The van der Waals surface area contributed by atoms with E-state index in [2.05, 4.69) is 30.4 Å². The summed E-state index contributed by atoms with van der Waals surface area (Å²) < 4.78 is 5.33. The number of fused-ring (bicyclic) bond motifs is 1. The quantitative estimate of drug-likeness (QED) is 0.821.